The van der Waals surface area contributed by atoms with Gasteiger partial charge in [0, 0.05) is 17.1 Å². The lowest BCUT2D eigenvalue weighted by molar-refractivity contribution is 0.281. The molecule has 0 amide bonds. The van der Waals surface area contributed by atoms with Gasteiger partial charge in [-0.05, 0) is 30.5 Å². The van der Waals surface area contributed by atoms with Crippen LogP contribution in [0.2, 0.25) is 5.02 Å². The summed E-state index contributed by atoms with van der Waals surface area (Å²) < 4.78 is 0. The van der Waals surface area contributed by atoms with Crippen LogP contribution < -0.4 is 5.32 Å². The van der Waals surface area contributed by atoms with E-state index < -0.39 is 0 Å². The average Bonchev–Trinajstić information content (AvgIpc) is 2.97. The summed E-state index contributed by atoms with van der Waals surface area (Å²) in [6.45, 7) is 0.845. The molecule has 1 aromatic carbocycles. The monoisotopic (exact) mass is 211 g/mol. The maximum absolute atomic E-state index is 8.76. The van der Waals surface area contributed by atoms with Gasteiger partial charge >= 0.3 is 0 Å². The third-order valence-electron chi connectivity index (χ3n) is 2.72. The predicted molar refractivity (Wildman–Crippen MR) is 57.5 cm³/mol. The van der Waals surface area contributed by atoms with Crippen LogP contribution in [-0.2, 0) is 5.54 Å². The van der Waals surface area contributed by atoms with E-state index in [2.05, 4.69) is 17.4 Å². The second-order valence-electron chi connectivity index (χ2n) is 3.74. The van der Waals surface area contributed by atoms with Gasteiger partial charge in [0.1, 0.15) is 0 Å². The molecule has 0 aliphatic heterocycles. The van der Waals surface area contributed by atoms with Crippen molar-refractivity contribution in [1.82, 2.24) is 5.32 Å². The topological polar surface area (TPSA) is 32.3 Å². The lowest BCUT2D eigenvalue weighted by Crippen LogP contribution is -2.31. The molecule has 0 bridgehead atoms. The Morgan fingerprint density at radius 1 is 1.29 bits per heavy atom. The van der Waals surface area contributed by atoms with Crippen molar-refractivity contribution in [3.63, 3.8) is 0 Å². The fourth-order valence-corrected chi connectivity index (χ4v) is 1.88. The number of aliphatic hydroxyl groups is 1. The fourth-order valence-electron chi connectivity index (χ4n) is 1.76. The van der Waals surface area contributed by atoms with Crippen LogP contribution in [0.3, 0.4) is 0 Å². The Morgan fingerprint density at radius 2 is 1.93 bits per heavy atom. The van der Waals surface area contributed by atoms with Crippen molar-refractivity contribution >= 4 is 11.6 Å². The SMILES string of the molecule is OCCNC1(c2ccc(Cl)cc2)CC1. The first-order chi connectivity index (χ1) is 6.77. The highest BCUT2D eigenvalue weighted by atomic mass is 35.5. The van der Waals surface area contributed by atoms with Gasteiger partial charge in [0.25, 0.3) is 0 Å². The molecule has 14 heavy (non-hydrogen) atoms. The third kappa shape index (κ3) is 1.92. The maximum Gasteiger partial charge on any atom is 0.0556 e. The number of hydrogen-bond acceptors (Lipinski definition) is 2. The number of hydrogen-bond donors (Lipinski definition) is 2. The number of nitrogens with one attached hydrogen (secondary N) is 1. The van der Waals surface area contributed by atoms with Gasteiger partial charge in [0.15, 0.2) is 0 Å². The van der Waals surface area contributed by atoms with Crippen molar-refractivity contribution in [2.45, 2.75) is 18.4 Å². The summed E-state index contributed by atoms with van der Waals surface area (Å²) >= 11 is 5.83. The zero-order valence-corrected chi connectivity index (χ0v) is 8.72. The molecule has 0 aromatic heterocycles. The number of aliphatic hydroxyl groups excluding tert-OH is 1. The van der Waals surface area contributed by atoms with Gasteiger partial charge in [-0.1, -0.05) is 23.7 Å². The van der Waals surface area contributed by atoms with Crippen LogP contribution in [0.15, 0.2) is 24.3 Å². The molecule has 1 aromatic rings. The van der Waals surface area contributed by atoms with Crippen LogP contribution in [0.25, 0.3) is 0 Å². The first-order valence-corrected chi connectivity index (χ1v) is 5.27. The number of benzene rings is 1. The first kappa shape index (κ1) is 9.97. The van der Waals surface area contributed by atoms with Crippen LogP contribution in [0.1, 0.15) is 18.4 Å². The minimum atomic E-state index is 0.118. The van der Waals surface area contributed by atoms with E-state index in [9.17, 15) is 0 Å². The molecular formula is C11H14ClNO. The molecule has 0 heterocycles. The van der Waals surface area contributed by atoms with Crippen molar-refractivity contribution < 1.29 is 5.11 Å². The average molecular weight is 212 g/mol. The molecule has 76 valence electrons. The number of halogens is 1. The molecule has 0 atom stereocenters. The lowest BCUT2D eigenvalue weighted by atomic mass is 10.1. The summed E-state index contributed by atoms with van der Waals surface area (Å²) in [4.78, 5) is 0. The summed E-state index contributed by atoms with van der Waals surface area (Å²) in [6, 6.07) is 7.94. The third-order valence-corrected chi connectivity index (χ3v) is 2.97. The van der Waals surface area contributed by atoms with Crippen molar-refractivity contribution in [3.8, 4) is 0 Å². The van der Waals surface area contributed by atoms with Crippen molar-refractivity contribution in [2.75, 3.05) is 13.2 Å². The van der Waals surface area contributed by atoms with E-state index in [0.717, 1.165) is 17.9 Å². The van der Waals surface area contributed by atoms with Crippen LogP contribution in [-0.4, -0.2) is 18.3 Å². The molecule has 0 spiro atoms. The number of rotatable bonds is 4. The fraction of sp³-hybridized carbons (Fsp3) is 0.455. The van der Waals surface area contributed by atoms with Gasteiger partial charge in [-0.2, -0.15) is 0 Å². The molecule has 1 fully saturated rings. The Bertz CT molecular complexity index is 306. The predicted octanol–water partition coefficient (Wildman–Crippen LogP) is 1.91. The molecule has 2 N–H and O–H groups in total. The smallest absolute Gasteiger partial charge is 0.0556 e. The van der Waals surface area contributed by atoms with Gasteiger partial charge in [0.05, 0.1) is 6.61 Å². The maximum atomic E-state index is 8.76. The Balaban J connectivity index is 2.10. The van der Waals surface area contributed by atoms with E-state index in [0.29, 0.717) is 6.54 Å². The van der Waals surface area contributed by atoms with Gasteiger partial charge in [-0.15, -0.1) is 0 Å². The van der Waals surface area contributed by atoms with Gasteiger partial charge < -0.3 is 10.4 Å². The van der Waals surface area contributed by atoms with Crippen LogP contribution in [0.5, 0.6) is 0 Å². The largest absolute Gasteiger partial charge is 0.395 e. The Morgan fingerprint density at radius 3 is 2.43 bits per heavy atom. The molecule has 0 unspecified atom stereocenters. The van der Waals surface area contributed by atoms with E-state index in [1.54, 1.807) is 0 Å². The quantitative estimate of drug-likeness (QED) is 0.798. The molecular weight excluding hydrogens is 198 g/mol. The Hall–Kier alpha value is -0.570. The Kier molecular flexibility index (Phi) is 2.77. The minimum absolute atomic E-state index is 0.118. The molecule has 1 saturated carbocycles. The van der Waals surface area contributed by atoms with E-state index in [1.807, 2.05) is 12.1 Å². The van der Waals surface area contributed by atoms with Crippen molar-refractivity contribution in [2.24, 2.45) is 0 Å². The van der Waals surface area contributed by atoms with Gasteiger partial charge in [-0.3, -0.25) is 0 Å². The molecule has 2 nitrogen and oxygen atoms in total. The second-order valence-corrected chi connectivity index (χ2v) is 4.18. The van der Waals surface area contributed by atoms with E-state index in [4.69, 9.17) is 16.7 Å². The lowest BCUT2D eigenvalue weighted by Gasteiger charge is -2.17. The van der Waals surface area contributed by atoms with Crippen molar-refractivity contribution in [1.29, 1.82) is 0 Å². The molecule has 0 radical (unpaired) electrons. The Labute approximate surface area is 88.9 Å². The molecule has 1 aliphatic carbocycles. The molecule has 0 saturated heterocycles. The minimum Gasteiger partial charge on any atom is -0.395 e. The highest BCUT2D eigenvalue weighted by molar-refractivity contribution is 6.30. The summed E-state index contributed by atoms with van der Waals surface area (Å²) in [5, 5.41) is 12.9. The van der Waals surface area contributed by atoms with Crippen LogP contribution in [0.4, 0.5) is 0 Å². The molecule has 2 rings (SSSR count). The normalized spacial score (nSPS) is 18.1. The zero-order chi connectivity index (χ0) is 10.0. The molecule has 3 heteroatoms. The second kappa shape index (κ2) is 3.89. The first-order valence-electron chi connectivity index (χ1n) is 4.89. The standard InChI is InChI=1S/C11H14ClNO/c12-10-3-1-9(2-4-10)11(5-6-11)13-7-8-14/h1-4,13-14H,5-8H2. The summed E-state index contributed by atoms with van der Waals surface area (Å²) in [5.41, 5.74) is 1.39. The van der Waals surface area contributed by atoms with Crippen LogP contribution in [0, 0.1) is 0 Å². The van der Waals surface area contributed by atoms with E-state index in [1.165, 1.54) is 5.56 Å². The highest BCUT2D eigenvalue weighted by Gasteiger charge is 2.43. The van der Waals surface area contributed by atoms with Crippen LogP contribution >= 0.6 is 11.6 Å². The van der Waals surface area contributed by atoms with Gasteiger partial charge in [-0.25, -0.2) is 0 Å². The van der Waals surface area contributed by atoms with Crippen molar-refractivity contribution in [3.05, 3.63) is 34.9 Å². The summed E-state index contributed by atoms with van der Waals surface area (Å²) in [5.74, 6) is 0. The van der Waals surface area contributed by atoms with Gasteiger partial charge in [0.2, 0.25) is 0 Å². The summed E-state index contributed by atoms with van der Waals surface area (Å²) in [6.07, 6.45) is 2.29. The zero-order valence-electron chi connectivity index (χ0n) is 7.96. The van der Waals surface area contributed by atoms with E-state index in [-0.39, 0.29) is 12.1 Å². The van der Waals surface area contributed by atoms with E-state index >= 15 is 0 Å². The summed E-state index contributed by atoms with van der Waals surface area (Å²) in [7, 11) is 0. The molecule has 1 aliphatic rings. The highest BCUT2D eigenvalue weighted by Crippen LogP contribution is 2.45.